The predicted molar refractivity (Wildman–Crippen MR) is 59.5 cm³/mol. The molecule has 0 aliphatic carbocycles. The molecule has 0 radical (unpaired) electrons. The van der Waals surface area contributed by atoms with E-state index in [-0.39, 0.29) is 5.60 Å². The number of morpholine rings is 1. The van der Waals surface area contributed by atoms with Crippen LogP contribution in [-0.4, -0.2) is 57.6 Å². The lowest BCUT2D eigenvalue weighted by atomic mass is 9.88. The molecule has 3 aliphatic rings. The summed E-state index contributed by atoms with van der Waals surface area (Å²) < 4.78 is 11.6. The molecule has 3 aliphatic heterocycles. The zero-order valence-corrected chi connectivity index (χ0v) is 10.0. The van der Waals surface area contributed by atoms with E-state index in [0.29, 0.717) is 0 Å². The number of piperidine rings is 1. The van der Waals surface area contributed by atoms with Gasteiger partial charge in [-0.25, -0.2) is 0 Å². The molecule has 3 N–H and O–H groups in total. The summed E-state index contributed by atoms with van der Waals surface area (Å²) in [5.41, 5.74) is 0.255. The monoisotopic (exact) mass is 228 g/mol. The molecule has 0 bridgehead atoms. The molecule has 3 rings (SSSR count). The predicted octanol–water partition coefficient (Wildman–Crippen LogP) is -2.21. The summed E-state index contributed by atoms with van der Waals surface area (Å²) in [5.74, 6) is 0. The Hall–Kier alpha value is -0.160. The maximum Gasteiger partial charge on any atom is 0.114 e. The molecule has 0 unspecified atom stereocenters. The number of rotatable bonds is 1. The van der Waals surface area contributed by atoms with Gasteiger partial charge in [0.25, 0.3) is 0 Å². The summed E-state index contributed by atoms with van der Waals surface area (Å²) in [6, 6.07) is 0.738. The fourth-order valence-electron chi connectivity index (χ4n) is 3.50. The molecule has 1 spiro atoms. The van der Waals surface area contributed by atoms with Gasteiger partial charge in [-0.15, -0.1) is 0 Å². The third kappa shape index (κ3) is 2.12. The number of nitrogens with one attached hydrogen (secondary N) is 1. The summed E-state index contributed by atoms with van der Waals surface area (Å²) >= 11 is 0. The third-order valence-electron chi connectivity index (χ3n) is 4.53. The van der Waals surface area contributed by atoms with Crippen LogP contribution in [0.2, 0.25) is 0 Å². The quantitative estimate of drug-likeness (QED) is 0.534. The van der Waals surface area contributed by atoms with E-state index >= 15 is 0 Å². The van der Waals surface area contributed by atoms with E-state index in [1.807, 2.05) is 0 Å². The van der Waals surface area contributed by atoms with Crippen LogP contribution in [-0.2, 0) is 9.47 Å². The highest BCUT2D eigenvalue weighted by Gasteiger charge is 2.46. The Morgan fingerprint density at radius 3 is 2.62 bits per heavy atom. The van der Waals surface area contributed by atoms with E-state index in [9.17, 15) is 0 Å². The zero-order chi connectivity index (χ0) is 10.8. The topological polar surface area (TPSA) is 39.5 Å². The Labute approximate surface area is 97.3 Å². The van der Waals surface area contributed by atoms with Gasteiger partial charge in [-0.3, -0.25) is 0 Å². The molecule has 3 fully saturated rings. The SMILES string of the molecule is C1CC2(CC[NH2+]1)C[C@H]([NH+]1CCOCC1)CO2. The van der Waals surface area contributed by atoms with Crippen molar-refractivity contribution in [3.8, 4) is 0 Å². The first-order chi connectivity index (χ1) is 7.88. The van der Waals surface area contributed by atoms with Gasteiger partial charge in [0, 0.05) is 19.3 Å². The van der Waals surface area contributed by atoms with Crippen LogP contribution in [0.25, 0.3) is 0 Å². The van der Waals surface area contributed by atoms with Gasteiger partial charge >= 0.3 is 0 Å². The third-order valence-corrected chi connectivity index (χ3v) is 4.53. The van der Waals surface area contributed by atoms with Crippen molar-refractivity contribution < 1.29 is 19.7 Å². The first kappa shape index (κ1) is 11.0. The maximum atomic E-state index is 6.17. The summed E-state index contributed by atoms with van der Waals surface area (Å²) in [6.45, 7) is 7.72. The number of hydrogen-bond donors (Lipinski definition) is 2. The van der Waals surface area contributed by atoms with Gasteiger partial charge in [-0.05, 0) is 0 Å². The van der Waals surface area contributed by atoms with Crippen molar-refractivity contribution in [3.63, 3.8) is 0 Å². The summed E-state index contributed by atoms with van der Waals surface area (Å²) in [4.78, 5) is 1.72. The molecule has 3 heterocycles. The molecule has 0 aromatic heterocycles. The van der Waals surface area contributed by atoms with E-state index in [1.165, 1.54) is 45.4 Å². The van der Waals surface area contributed by atoms with Crippen molar-refractivity contribution in [2.24, 2.45) is 0 Å². The molecule has 0 aromatic carbocycles. The first-order valence-electron chi connectivity index (χ1n) is 6.76. The Kier molecular flexibility index (Phi) is 3.16. The Balaban J connectivity index is 1.58. The number of hydrogen-bond acceptors (Lipinski definition) is 2. The first-order valence-corrected chi connectivity index (χ1v) is 6.76. The molecule has 4 nitrogen and oxygen atoms in total. The highest BCUT2D eigenvalue weighted by molar-refractivity contribution is 4.90. The van der Waals surface area contributed by atoms with Crippen LogP contribution in [0.15, 0.2) is 0 Å². The average Bonchev–Trinajstić information content (AvgIpc) is 2.75. The fourth-order valence-corrected chi connectivity index (χ4v) is 3.50. The molecule has 0 saturated carbocycles. The van der Waals surface area contributed by atoms with Crippen LogP contribution in [0.4, 0.5) is 0 Å². The lowest BCUT2D eigenvalue weighted by molar-refractivity contribution is -0.931. The Bertz CT molecular complexity index is 235. The molecule has 0 amide bonds. The minimum absolute atomic E-state index is 0.255. The van der Waals surface area contributed by atoms with Crippen LogP contribution >= 0.6 is 0 Å². The van der Waals surface area contributed by atoms with Gasteiger partial charge in [-0.1, -0.05) is 0 Å². The summed E-state index contributed by atoms with van der Waals surface area (Å²) in [7, 11) is 0. The number of ether oxygens (including phenoxy) is 2. The van der Waals surface area contributed by atoms with Crippen LogP contribution < -0.4 is 10.2 Å². The van der Waals surface area contributed by atoms with Crippen LogP contribution in [0.3, 0.4) is 0 Å². The zero-order valence-electron chi connectivity index (χ0n) is 10.0. The van der Waals surface area contributed by atoms with Crippen LogP contribution in [0.1, 0.15) is 19.3 Å². The van der Waals surface area contributed by atoms with E-state index in [4.69, 9.17) is 9.47 Å². The van der Waals surface area contributed by atoms with Crippen LogP contribution in [0, 0.1) is 0 Å². The molecule has 0 aromatic rings. The van der Waals surface area contributed by atoms with Gasteiger partial charge < -0.3 is 19.7 Å². The van der Waals surface area contributed by atoms with Crippen molar-refractivity contribution in [3.05, 3.63) is 0 Å². The second kappa shape index (κ2) is 4.61. The van der Waals surface area contributed by atoms with E-state index in [0.717, 1.165) is 25.9 Å². The number of nitrogens with two attached hydrogens (primary N) is 1. The van der Waals surface area contributed by atoms with Crippen molar-refractivity contribution in [1.29, 1.82) is 0 Å². The van der Waals surface area contributed by atoms with Crippen molar-refractivity contribution in [2.45, 2.75) is 30.9 Å². The smallest absolute Gasteiger partial charge is 0.114 e. The highest BCUT2D eigenvalue weighted by atomic mass is 16.5. The molecule has 4 heteroatoms. The summed E-state index contributed by atoms with van der Waals surface area (Å²) in [5, 5.41) is 2.42. The molecular weight excluding hydrogens is 204 g/mol. The number of quaternary nitrogens is 2. The molecular formula is C12H24N2O2+2. The molecule has 1 atom stereocenters. The van der Waals surface area contributed by atoms with Gasteiger partial charge in [-0.2, -0.15) is 0 Å². The molecule has 92 valence electrons. The Morgan fingerprint density at radius 1 is 1.12 bits per heavy atom. The minimum Gasteiger partial charge on any atom is -0.370 e. The van der Waals surface area contributed by atoms with E-state index in [1.54, 1.807) is 4.90 Å². The van der Waals surface area contributed by atoms with Gasteiger partial charge in [0.2, 0.25) is 0 Å². The largest absolute Gasteiger partial charge is 0.370 e. The van der Waals surface area contributed by atoms with Gasteiger partial charge in [0.15, 0.2) is 0 Å². The lowest BCUT2D eigenvalue weighted by Crippen LogP contribution is -3.18. The van der Waals surface area contributed by atoms with E-state index in [2.05, 4.69) is 5.32 Å². The maximum absolute atomic E-state index is 6.17. The molecule has 3 saturated heterocycles. The van der Waals surface area contributed by atoms with Crippen molar-refractivity contribution >= 4 is 0 Å². The van der Waals surface area contributed by atoms with Gasteiger partial charge in [0.1, 0.15) is 19.1 Å². The normalized spacial score (nSPS) is 35.6. The van der Waals surface area contributed by atoms with Crippen LogP contribution in [0.5, 0.6) is 0 Å². The van der Waals surface area contributed by atoms with Gasteiger partial charge in [0.05, 0.1) is 38.5 Å². The fraction of sp³-hybridized carbons (Fsp3) is 1.00. The van der Waals surface area contributed by atoms with E-state index < -0.39 is 0 Å². The highest BCUT2D eigenvalue weighted by Crippen LogP contribution is 2.31. The van der Waals surface area contributed by atoms with Crippen molar-refractivity contribution in [1.82, 2.24) is 0 Å². The second-order valence-electron chi connectivity index (χ2n) is 5.53. The summed E-state index contributed by atoms with van der Waals surface area (Å²) in [6.07, 6.45) is 3.80. The average molecular weight is 228 g/mol. The van der Waals surface area contributed by atoms with Crippen molar-refractivity contribution in [2.75, 3.05) is 46.0 Å². The lowest BCUT2D eigenvalue weighted by Gasteiger charge is -2.32. The minimum atomic E-state index is 0.255. The standard InChI is InChI=1S/C12H22N2O2/c1-3-13-4-2-12(1)9-11(10-16-12)14-5-7-15-8-6-14/h11,13H,1-10H2/p+2/t11-/m0/s1. The second-order valence-corrected chi connectivity index (χ2v) is 5.53. The Morgan fingerprint density at radius 2 is 1.88 bits per heavy atom. The molecule has 16 heavy (non-hydrogen) atoms.